The zero-order valence-corrected chi connectivity index (χ0v) is 15.5. The van der Waals surface area contributed by atoms with Gasteiger partial charge in [-0.3, -0.25) is 14.9 Å². The van der Waals surface area contributed by atoms with Crippen LogP contribution in [0.3, 0.4) is 0 Å². The molecule has 0 unspecified atom stereocenters. The number of halogens is 3. The van der Waals surface area contributed by atoms with Gasteiger partial charge >= 0.3 is 12.1 Å². The minimum atomic E-state index is -4.80. The number of phenolic OH excluding ortho intramolecular Hbond substituents is 1. The van der Waals surface area contributed by atoms with E-state index in [-0.39, 0.29) is 17.4 Å². The van der Waals surface area contributed by atoms with Crippen LogP contribution in [0.4, 0.5) is 24.5 Å². The third kappa shape index (κ3) is 4.71. The van der Waals surface area contributed by atoms with Crippen LogP contribution in [0.5, 0.6) is 5.75 Å². The van der Waals surface area contributed by atoms with Gasteiger partial charge in [-0.25, -0.2) is 4.79 Å². The number of hydrogen-bond acceptors (Lipinski definition) is 6. The van der Waals surface area contributed by atoms with Crippen LogP contribution in [0, 0.1) is 10.1 Å². The van der Waals surface area contributed by atoms with Gasteiger partial charge in [-0.2, -0.15) is 13.2 Å². The normalized spacial score (nSPS) is 11.2. The van der Waals surface area contributed by atoms with E-state index in [4.69, 9.17) is 4.74 Å². The summed E-state index contributed by atoms with van der Waals surface area (Å²) in [7, 11) is 0. The Bertz CT molecular complexity index is 1190. The van der Waals surface area contributed by atoms with E-state index in [0.717, 1.165) is 6.07 Å². The van der Waals surface area contributed by atoms with Gasteiger partial charge in [0.25, 0.3) is 11.6 Å². The van der Waals surface area contributed by atoms with Crippen LogP contribution < -0.4 is 5.32 Å². The molecule has 0 heterocycles. The lowest BCUT2D eigenvalue weighted by Crippen LogP contribution is -2.21. The van der Waals surface area contributed by atoms with Gasteiger partial charge in [0, 0.05) is 11.5 Å². The van der Waals surface area contributed by atoms with Crippen molar-refractivity contribution in [3.63, 3.8) is 0 Å². The summed E-state index contributed by atoms with van der Waals surface area (Å²) in [4.78, 5) is 34.2. The molecule has 3 rings (SSSR count). The highest BCUT2D eigenvalue weighted by Crippen LogP contribution is 2.35. The molecule has 0 bridgehead atoms. The molecule has 0 aliphatic rings. The maximum atomic E-state index is 12.7. The standard InChI is InChI=1S/C20H13F3N2O6/c21-20(22,23)12-6-8-15(16(9-12)25(29)30)24-17(26)10-31-19(28)14-7-5-11-3-1-2-4-13(11)18(14)27/h1-9,27H,10H2,(H,24,26). The molecule has 0 saturated carbocycles. The number of esters is 1. The van der Waals surface area contributed by atoms with Crippen molar-refractivity contribution in [2.75, 3.05) is 11.9 Å². The molecule has 160 valence electrons. The van der Waals surface area contributed by atoms with Crippen LogP contribution in [0.15, 0.2) is 54.6 Å². The van der Waals surface area contributed by atoms with Crippen molar-refractivity contribution in [1.82, 2.24) is 0 Å². The molecule has 3 aromatic carbocycles. The first-order valence-corrected chi connectivity index (χ1v) is 8.61. The van der Waals surface area contributed by atoms with Gasteiger partial charge in [-0.15, -0.1) is 0 Å². The Morgan fingerprint density at radius 2 is 1.81 bits per heavy atom. The fourth-order valence-electron chi connectivity index (χ4n) is 2.78. The third-order valence-corrected chi connectivity index (χ3v) is 4.25. The Morgan fingerprint density at radius 3 is 2.48 bits per heavy atom. The molecule has 0 aromatic heterocycles. The molecule has 0 atom stereocenters. The number of nitro benzene ring substituents is 1. The number of carbonyl (C=O) groups excluding carboxylic acids is 2. The molecule has 0 radical (unpaired) electrons. The van der Waals surface area contributed by atoms with Gasteiger partial charge < -0.3 is 15.2 Å². The van der Waals surface area contributed by atoms with Crippen molar-refractivity contribution in [1.29, 1.82) is 0 Å². The van der Waals surface area contributed by atoms with E-state index >= 15 is 0 Å². The van der Waals surface area contributed by atoms with Gasteiger partial charge in [0.15, 0.2) is 6.61 Å². The van der Waals surface area contributed by atoms with Crippen LogP contribution in [-0.4, -0.2) is 28.5 Å². The number of benzene rings is 3. The molecule has 1 amide bonds. The first kappa shape index (κ1) is 21.6. The maximum absolute atomic E-state index is 12.7. The quantitative estimate of drug-likeness (QED) is 0.352. The van der Waals surface area contributed by atoms with Crippen LogP contribution in [0.1, 0.15) is 15.9 Å². The first-order chi connectivity index (χ1) is 14.6. The minimum Gasteiger partial charge on any atom is -0.506 e. The van der Waals surface area contributed by atoms with E-state index in [2.05, 4.69) is 0 Å². The van der Waals surface area contributed by atoms with Crippen molar-refractivity contribution in [3.8, 4) is 5.75 Å². The minimum absolute atomic E-state index is 0.202. The van der Waals surface area contributed by atoms with Gasteiger partial charge in [-0.05, 0) is 23.6 Å². The highest BCUT2D eigenvalue weighted by Gasteiger charge is 2.33. The number of alkyl halides is 3. The van der Waals surface area contributed by atoms with Gasteiger partial charge in [-0.1, -0.05) is 30.3 Å². The zero-order chi connectivity index (χ0) is 22.8. The van der Waals surface area contributed by atoms with E-state index in [1.165, 1.54) is 6.07 Å². The Kier molecular flexibility index (Phi) is 5.77. The molecular formula is C20H13F3N2O6. The summed E-state index contributed by atoms with van der Waals surface area (Å²) in [6.07, 6.45) is -4.80. The highest BCUT2D eigenvalue weighted by molar-refractivity contribution is 6.02. The Labute approximate surface area is 172 Å². The SMILES string of the molecule is O=C(COC(=O)c1ccc2ccccc2c1O)Nc1ccc(C(F)(F)F)cc1[N+](=O)[O-]. The number of anilines is 1. The van der Waals surface area contributed by atoms with E-state index < -0.39 is 46.5 Å². The van der Waals surface area contributed by atoms with Gasteiger partial charge in [0.05, 0.1) is 10.5 Å². The number of nitro groups is 1. The lowest BCUT2D eigenvalue weighted by Gasteiger charge is -2.11. The number of carbonyl (C=O) groups is 2. The number of fused-ring (bicyclic) bond motifs is 1. The summed E-state index contributed by atoms with van der Waals surface area (Å²) in [6.45, 7) is -0.886. The van der Waals surface area contributed by atoms with Crippen LogP contribution in [-0.2, 0) is 15.7 Å². The fourth-order valence-corrected chi connectivity index (χ4v) is 2.78. The van der Waals surface area contributed by atoms with Crippen molar-refractivity contribution >= 4 is 34.0 Å². The van der Waals surface area contributed by atoms with Crippen molar-refractivity contribution < 1.29 is 37.5 Å². The Hall–Kier alpha value is -4.15. The van der Waals surface area contributed by atoms with Crippen molar-refractivity contribution in [3.05, 3.63) is 75.8 Å². The smallest absolute Gasteiger partial charge is 0.416 e. The molecule has 0 aliphatic carbocycles. The predicted molar refractivity (Wildman–Crippen MR) is 103 cm³/mol. The second-order valence-electron chi connectivity index (χ2n) is 6.29. The Balaban J connectivity index is 1.71. The summed E-state index contributed by atoms with van der Waals surface area (Å²) >= 11 is 0. The highest BCUT2D eigenvalue weighted by atomic mass is 19.4. The zero-order valence-electron chi connectivity index (χ0n) is 15.5. The average molecular weight is 434 g/mol. The summed E-state index contributed by atoms with van der Waals surface area (Å²) in [5, 5.41) is 24.4. The summed E-state index contributed by atoms with van der Waals surface area (Å²) in [5.74, 6) is -2.39. The van der Waals surface area contributed by atoms with Crippen LogP contribution in [0.2, 0.25) is 0 Å². The van der Waals surface area contributed by atoms with E-state index in [9.17, 15) is 38.0 Å². The van der Waals surface area contributed by atoms with Crippen LogP contribution in [0.25, 0.3) is 10.8 Å². The topological polar surface area (TPSA) is 119 Å². The van der Waals surface area contributed by atoms with Crippen LogP contribution >= 0.6 is 0 Å². The molecule has 8 nitrogen and oxygen atoms in total. The molecule has 0 saturated heterocycles. The number of nitrogens with zero attached hydrogens (tertiary/aromatic N) is 1. The predicted octanol–water partition coefficient (Wildman–Crippen LogP) is 4.27. The molecule has 31 heavy (non-hydrogen) atoms. The summed E-state index contributed by atoms with van der Waals surface area (Å²) in [6, 6.07) is 11.2. The number of nitrogens with one attached hydrogen (secondary N) is 1. The lowest BCUT2D eigenvalue weighted by atomic mass is 10.1. The summed E-state index contributed by atoms with van der Waals surface area (Å²) < 4.78 is 43.0. The largest absolute Gasteiger partial charge is 0.506 e. The lowest BCUT2D eigenvalue weighted by molar-refractivity contribution is -0.384. The summed E-state index contributed by atoms with van der Waals surface area (Å²) in [5.41, 5.74) is -2.92. The second-order valence-corrected chi connectivity index (χ2v) is 6.29. The first-order valence-electron chi connectivity index (χ1n) is 8.61. The number of aromatic hydroxyl groups is 1. The molecule has 0 aliphatic heterocycles. The van der Waals surface area contributed by atoms with Gasteiger partial charge in [0.1, 0.15) is 17.0 Å². The number of rotatable bonds is 5. The molecule has 3 aromatic rings. The monoisotopic (exact) mass is 434 g/mol. The molecule has 0 fully saturated rings. The van der Waals surface area contributed by atoms with Gasteiger partial charge in [0.2, 0.25) is 0 Å². The van der Waals surface area contributed by atoms with Crippen molar-refractivity contribution in [2.45, 2.75) is 6.18 Å². The fraction of sp³-hybridized carbons (Fsp3) is 0.100. The van der Waals surface area contributed by atoms with E-state index in [1.807, 2.05) is 5.32 Å². The third-order valence-electron chi connectivity index (χ3n) is 4.25. The second kappa shape index (κ2) is 8.30. The molecule has 11 heteroatoms. The average Bonchev–Trinajstić information content (AvgIpc) is 2.72. The molecular weight excluding hydrogens is 421 g/mol. The number of ether oxygens (including phenoxy) is 1. The van der Waals surface area contributed by atoms with E-state index in [1.54, 1.807) is 30.3 Å². The molecule has 0 spiro atoms. The number of hydrogen-bond donors (Lipinski definition) is 2. The number of phenols is 1. The Morgan fingerprint density at radius 1 is 1.10 bits per heavy atom. The molecule has 2 N–H and O–H groups in total. The van der Waals surface area contributed by atoms with E-state index in [0.29, 0.717) is 16.8 Å². The maximum Gasteiger partial charge on any atom is 0.416 e. The number of amides is 1. The van der Waals surface area contributed by atoms with Crippen molar-refractivity contribution in [2.24, 2.45) is 0 Å².